The van der Waals surface area contributed by atoms with E-state index in [0.29, 0.717) is 19.0 Å². The molecule has 0 atom stereocenters. The van der Waals surface area contributed by atoms with Crippen LogP contribution in [0.5, 0.6) is 0 Å². The Balaban J connectivity index is 1.83. The van der Waals surface area contributed by atoms with Gasteiger partial charge in [-0.1, -0.05) is 0 Å². The average molecular weight is 284 g/mol. The third-order valence-electron chi connectivity index (χ3n) is 3.82. The molecule has 0 aromatic rings. The zero-order valence-corrected chi connectivity index (χ0v) is 12.5. The molecule has 0 aromatic carbocycles. The Morgan fingerprint density at radius 3 is 2.50 bits per heavy atom. The molecule has 0 spiro atoms. The minimum Gasteiger partial charge on any atom is -0.444 e. The summed E-state index contributed by atoms with van der Waals surface area (Å²) in [6.45, 7) is 6.80. The topological polar surface area (TPSA) is 70.1 Å². The van der Waals surface area contributed by atoms with Gasteiger partial charge in [0.25, 0.3) is 0 Å². The zero-order valence-electron chi connectivity index (χ0n) is 12.5. The molecule has 1 aliphatic heterocycles. The third kappa shape index (κ3) is 3.42. The molecule has 2 amide bonds. The fourth-order valence-electron chi connectivity index (χ4n) is 2.66. The Kier molecular flexibility index (Phi) is 4.22. The first-order valence-electron chi connectivity index (χ1n) is 7.18. The molecule has 114 valence electrons. The minimum atomic E-state index is -0.542. The standard InChI is InChI=1S/C14H24N2O4/c1-14(2,3)20-13(19)15-4-5-16(12(18)8-15)11-6-10(7-11)9-17/h10-11,17H,4-9H2,1-3H3. The number of carbonyl (C=O) groups is 2. The number of hydrogen-bond acceptors (Lipinski definition) is 4. The van der Waals surface area contributed by atoms with E-state index in [-0.39, 0.29) is 25.1 Å². The summed E-state index contributed by atoms with van der Waals surface area (Å²) in [6.07, 6.45) is 1.32. The highest BCUT2D eigenvalue weighted by atomic mass is 16.6. The van der Waals surface area contributed by atoms with Crippen LogP contribution < -0.4 is 0 Å². The van der Waals surface area contributed by atoms with Crippen LogP contribution >= 0.6 is 0 Å². The van der Waals surface area contributed by atoms with E-state index in [1.807, 2.05) is 25.7 Å². The van der Waals surface area contributed by atoms with Gasteiger partial charge >= 0.3 is 6.09 Å². The molecule has 20 heavy (non-hydrogen) atoms. The van der Waals surface area contributed by atoms with Gasteiger partial charge in [-0.2, -0.15) is 0 Å². The molecule has 1 saturated heterocycles. The second kappa shape index (κ2) is 5.60. The Morgan fingerprint density at radius 2 is 2.00 bits per heavy atom. The number of carbonyl (C=O) groups excluding carboxylic acids is 2. The van der Waals surface area contributed by atoms with Crippen molar-refractivity contribution >= 4 is 12.0 Å². The first-order chi connectivity index (χ1) is 9.30. The minimum absolute atomic E-state index is 0.0245. The molecule has 0 bridgehead atoms. The highest BCUT2D eigenvalue weighted by Gasteiger charge is 2.39. The first kappa shape index (κ1) is 15.1. The molecule has 0 radical (unpaired) electrons. The van der Waals surface area contributed by atoms with Crippen molar-refractivity contribution in [2.45, 2.75) is 45.3 Å². The van der Waals surface area contributed by atoms with Gasteiger partial charge in [0, 0.05) is 25.7 Å². The summed E-state index contributed by atoms with van der Waals surface area (Å²) in [5, 5.41) is 9.02. The molecule has 1 aliphatic carbocycles. The molecule has 2 rings (SSSR count). The van der Waals surface area contributed by atoms with Gasteiger partial charge in [0.05, 0.1) is 0 Å². The second-order valence-electron chi connectivity index (χ2n) is 6.66. The lowest BCUT2D eigenvalue weighted by molar-refractivity contribution is -0.142. The zero-order chi connectivity index (χ0) is 14.9. The molecule has 0 unspecified atom stereocenters. The lowest BCUT2D eigenvalue weighted by atomic mass is 9.79. The summed E-state index contributed by atoms with van der Waals surface area (Å²) >= 11 is 0. The summed E-state index contributed by atoms with van der Waals surface area (Å²) in [4.78, 5) is 27.3. The van der Waals surface area contributed by atoms with E-state index in [2.05, 4.69) is 0 Å². The predicted octanol–water partition coefficient (Wildman–Crippen LogP) is 0.837. The van der Waals surface area contributed by atoms with Crippen molar-refractivity contribution in [3.05, 3.63) is 0 Å². The van der Waals surface area contributed by atoms with Crippen LogP contribution in [0.4, 0.5) is 4.79 Å². The second-order valence-corrected chi connectivity index (χ2v) is 6.66. The average Bonchev–Trinajstić information content (AvgIpc) is 2.27. The van der Waals surface area contributed by atoms with E-state index in [1.54, 1.807) is 0 Å². The number of aliphatic hydroxyl groups is 1. The molecular formula is C14H24N2O4. The van der Waals surface area contributed by atoms with Crippen LogP contribution in [0.2, 0.25) is 0 Å². The Hall–Kier alpha value is -1.30. The molecule has 0 aromatic heterocycles. The van der Waals surface area contributed by atoms with Crippen molar-refractivity contribution in [2.24, 2.45) is 5.92 Å². The Bertz CT molecular complexity index is 385. The van der Waals surface area contributed by atoms with Crippen LogP contribution in [-0.2, 0) is 9.53 Å². The Labute approximate surface area is 119 Å². The van der Waals surface area contributed by atoms with Gasteiger partial charge in [0.1, 0.15) is 12.1 Å². The highest BCUT2D eigenvalue weighted by Crippen LogP contribution is 2.32. The van der Waals surface area contributed by atoms with Gasteiger partial charge in [-0.15, -0.1) is 0 Å². The monoisotopic (exact) mass is 284 g/mol. The lowest BCUT2D eigenvalue weighted by Crippen LogP contribution is -2.58. The normalized spacial score (nSPS) is 27.3. The van der Waals surface area contributed by atoms with Gasteiger partial charge in [-0.25, -0.2) is 4.79 Å². The lowest BCUT2D eigenvalue weighted by Gasteiger charge is -2.45. The molecule has 1 saturated carbocycles. The maximum absolute atomic E-state index is 12.1. The van der Waals surface area contributed by atoms with Crippen molar-refractivity contribution in [1.82, 2.24) is 9.80 Å². The molecule has 6 nitrogen and oxygen atoms in total. The molecule has 2 aliphatic rings. The smallest absolute Gasteiger partial charge is 0.410 e. The maximum atomic E-state index is 12.1. The van der Waals surface area contributed by atoms with Crippen molar-refractivity contribution in [2.75, 3.05) is 26.2 Å². The highest BCUT2D eigenvalue weighted by molar-refractivity contribution is 5.84. The van der Waals surface area contributed by atoms with E-state index in [9.17, 15) is 9.59 Å². The summed E-state index contributed by atoms with van der Waals surface area (Å²) in [7, 11) is 0. The molecular weight excluding hydrogens is 260 g/mol. The fourth-order valence-corrected chi connectivity index (χ4v) is 2.66. The van der Waals surface area contributed by atoms with Crippen LogP contribution in [0, 0.1) is 5.92 Å². The number of piperazine rings is 1. The van der Waals surface area contributed by atoms with E-state index in [4.69, 9.17) is 9.84 Å². The molecule has 6 heteroatoms. The number of rotatable bonds is 2. The van der Waals surface area contributed by atoms with Crippen molar-refractivity contribution in [3.63, 3.8) is 0 Å². The van der Waals surface area contributed by atoms with Gasteiger partial charge in [0.15, 0.2) is 0 Å². The summed E-state index contributed by atoms with van der Waals surface area (Å²) in [5.74, 6) is 0.306. The van der Waals surface area contributed by atoms with Crippen LogP contribution in [0.15, 0.2) is 0 Å². The van der Waals surface area contributed by atoms with E-state index < -0.39 is 11.7 Å². The van der Waals surface area contributed by atoms with Crippen LogP contribution in [0.25, 0.3) is 0 Å². The summed E-state index contributed by atoms with van der Waals surface area (Å²) in [5.41, 5.74) is -0.542. The number of ether oxygens (including phenoxy) is 1. The SMILES string of the molecule is CC(C)(C)OC(=O)N1CCN(C2CC(CO)C2)C(=O)C1. The van der Waals surface area contributed by atoms with Crippen LogP contribution in [-0.4, -0.2) is 64.8 Å². The van der Waals surface area contributed by atoms with Gasteiger partial charge in [-0.05, 0) is 39.5 Å². The number of hydrogen-bond donors (Lipinski definition) is 1. The summed E-state index contributed by atoms with van der Waals surface area (Å²) < 4.78 is 5.28. The van der Waals surface area contributed by atoms with E-state index in [1.165, 1.54) is 4.90 Å². The van der Waals surface area contributed by atoms with Crippen molar-refractivity contribution < 1.29 is 19.4 Å². The number of amides is 2. The largest absolute Gasteiger partial charge is 0.444 e. The fraction of sp³-hybridized carbons (Fsp3) is 0.857. The predicted molar refractivity (Wildman–Crippen MR) is 73.1 cm³/mol. The summed E-state index contributed by atoms with van der Waals surface area (Å²) in [6, 6.07) is 0.237. The van der Waals surface area contributed by atoms with E-state index >= 15 is 0 Å². The Morgan fingerprint density at radius 1 is 1.35 bits per heavy atom. The van der Waals surface area contributed by atoms with Crippen LogP contribution in [0.1, 0.15) is 33.6 Å². The van der Waals surface area contributed by atoms with E-state index in [0.717, 1.165) is 12.8 Å². The molecule has 1 N–H and O–H groups in total. The first-order valence-corrected chi connectivity index (χ1v) is 7.18. The molecule has 2 fully saturated rings. The van der Waals surface area contributed by atoms with Gasteiger partial charge in [-0.3, -0.25) is 9.69 Å². The third-order valence-corrected chi connectivity index (χ3v) is 3.82. The van der Waals surface area contributed by atoms with Crippen LogP contribution in [0.3, 0.4) is 0 Å². The van der Waals surface area contributed by atoms with Crippen molar-refractivity contribution in [3.8, 4) is 0 Å². The quantitative estimate of drug-likeness (QED) is 0.815. The number of aliphatic hydroxyl groups excluding tert-OH is 1. The molecule has 1 heterocycles. The number of nitrogens with zero attached hydrogens (tertiary/aromatic N) is 2. The maximum Gasteiger partial charge on any atom is 0.410 e. The van der Waals surface area contributed by atoms with Gasteiger partial charge in [0.2, 0.25) is 5.91 Å². The van der Waals surface area contributed by atoms with Gasteiger partial charge < -0.3 is 14.7 Å². The van der Waals surface area contributed by atoms with Crippen molar-refractivity contribution in [1.29, 1.82) is 0 Å².